The van der Waals surface area contributed by atoms with Gasteiger partial charge in [-0.3, -0.25) is 0 Å². The lowest BCUT2D eigenvalue weighted by molar-refractivity contribution is -0.278. The van der Waals surface area contributed by atoms with E-state index in [2.05, 4.69) is 31.9 Å². The van der Waals surface area contributed by atoms with Crippen LogP contribution in [0.4, 0.5) is 28.8 Å². The zero-order valence-electron chi connectivity index (χ0n) is 48.5. The zero-order valence-corrected chi connectivity index (χ0v) is 48.5. The lowest BCUT2D eigenvalue weighted by Gasteiger charge is -2.45. The first-order valence-electron chi connectivity index (χ1n) is 29.3. The number of alkyl carbamates (subject to hydrolysis) is 6. The minimum Gasteiger partial charge on any atom is -0.445 e. The molecule has 0 spiro atoms. The van der Waals surface area contributed by atoms with Crippen LogP contribution in [0.25, 0.3) is 0 Å². The molecule has 0 radical (unpaired) electrons. The zero-order chi connectivity index (χ0) is 62.6. The summed E-state index contributed by atoms with van der Waals surface area (Å²) in [7, 11) is 0. The maximum atomic E-state index is 13.9. The van der Waals surface area contributed by atoms with Gasteiger partial charge in [-0.15, -0.1) is 0 Å². The van der Waals surface area contributed by atoms with Crippen LogP contribution < -0.4 is 31.9 Å². The normalized spacial score (nSPS) is 27.3. The SMILES string of the molecule is O=C(NC[C@@H]1C=C[C@@H](NC(=O)OCc2ccccc2)[C@@H](O[C@H]2[C@H](O[C@@H]3O[C@H](CO)[C@@H](O[C@H]4O[C@H](CNC(=O)OCc5ccccc5)C=C[C@H]4NC(=O)OCc4ccccc4)[C@H]3O)[C@H]3OC(=O)N[C@@H]3C[C@@H]2NC(=O)OCc2ccccc2)O1)OCc1ccccc1. The molecule has 10 rings (SSSR count). The maximum Gasteiger partial charge on any atom is 0.408 e. The molecule has 1 aliphatic carbocycles. The number of amides is 6. The Balaban J connectivity index is 0.894. The van der Waals surface area contributed by atoms with Crippen molar-refractivity contribution in [3.8, 4) is 0 Å². The standard InChI is InChI=1S/C64H70N6O20/c71-33-50-54(88-57-47(68-62(76)82-37-42-22-12-4-13-23-42)29-27-45(85-57)32-66-60(74)80-35-40-18-8-2-9-19-40)51(72)58(86-50)89-55-52(48(30-49-53(55)90-64(78)70-49)69-63(77)83-38-43-24-14-5-15-25-43)87-56-46(67-61(75)81-36-41-20-10-3-11-21-41)28-26-44(84-56)31-65-59(73)79-34-39-16-6-1-7-17-39/h1-29,44-58,71-72H,30-38H2,(H,65,73)(H,66,74)(H,67,75)(H,68,76)(H,69,77)(H,70,78)/t44-,45-,46+,47+,48-,49+,50+,51+,52+,53-,54+,55-,56+,57+,58-/m0/s1. The van der Waals surface area contributed by atoms with Crippen LogP contribution in [0.2, 0.25) is 0 Å². The minimum atomic E-state index is -1.81. The second kappa shape index (κ2) is 31.9. The monoisotopic (exact) mass is 1240 g/mol. The molecule has 4 heterocycles. The third kappa shape index (κ3) is 18.3. The second-order valence-corrected chi connectivity index (χ2v) is 21.4. The van der Waals surface area contributed by atoms with E-state index in [1.165, 1.54) is 0 Å². The van der Waals surface area contributed by atoms with Gasteiger partial charge in [0, 0.05) is 0 Å². The molecule has 26 heteroatoms. The number of rotatable bonds is 24. The highest BCUT2D eigenvalue weighted by molar-refractivity contribution is 5.72. The number of nitrogens with one attached hydrogen (secondary N) is 6. The Morgan fingerprint density at radius 3 is 1.26 bits per heavy atom. The predicted molar refractivity (Wildman–Crippen MR) is 314 cm³/mol. The van der Waals surface area contributed by atoms with Crippen LogP contribution in [0.1, 0.15) is 34.2 Å². The number of carbonyl (C=O) groups is 6. The first-order chi connectivity index (χ1) is 43.9. The predicted octanol–water partition coefficient (Wildman–Crippen LogP) is 5.40. The highest BCUT2D eigenvalue weighted by Gasteiger charge is 2.57. The summed E-state index contributed by atoms with van der Waals surface area (Å²) >= 11 is 0. The summed E-state index contributed by atoms with van der Waals surface area (Å²) in [5.41, 5.74) is 3.60. The summed E-state index contributed by atoms with van der Waals surface area (Å²) in [5, 5.41) is 39.7. The summed E-state index contributed by atoms with van der Waals surface area (Å²) in [6.07, 6.45) is -14.2. The number of benzene rings is 5. The van der Waals surface area contributed by atoms with Crippen molar-refractivity contribution in [1.29, 1.82) is 0 Å². The van der Waals surface area contributed by atoms with Crippen LogP contribution >= 0.6 is 0 Å². The van der Waals surface area contributed by atoms with Crippen LogP contribution in [-0.4, -0.2) is 158 Å². The first kappa shape index (κ1) is 63.9. The van der Waals surface area contributed by atoms with Gasteiger partial charge in [-0.2, -0.15) is 0 Å². The largest absolute Gasteiger partial charge is 0.445 e. The van der Waals surface area contributed by atoms with Gasteiger partial charge in [0.25, 0.3) is 0 Å². The molecule has 5 aromatic carbocycles. The fourth-order valence-electron chi connectivity index (χ4n) is 10.5. The molecule has 0 aromatic heterocycles. The van der Waals surface area contributed by atoms with E-state index in [0.29, 0.717) is 16.7 Å². The van der Waals surface area contributed by atoms with E-state index in [-0.39, 0.29) is 52.5 Å². The van der Waals surface area contributed by atoms with Crippen molar-refractivity contribution >= 4 is 36.6 Å². The maximum absolute atomic E-state index is 13.9. The summed E-state index contributed by atoms with van der Waals surface area (Å²) in [6, 6.07) is 40.6. The molecule has 90 heavy (non-hydrogen) atoms. The first-order valence-corrected chi connectivity index (χ1v) is 29.3. The molecule has 476 valence electrons. The molecular formula is C64H70N6O20. The molecule has 1 saturated carbocycles. The second-order valence-electron chi connectivity index (χ2n) is 21.4. The molecule has 15 atom stereocenters. The van der Waals surface area contributed by atoms with Gasteiger partial charge in [0.05, 0.1) is 44.0 Å². The van der Waals surface area contributed by atoms with Crippen LogP contribution in [-0.2, 0) is 89.9 Å². The molecule has 2 saturated heterocycles. The van der Waals surface area contributed by atoms with Gasteiger partial charge in [0.2, 0.25) is 0 Å². The Morgan fingerprint density at radius 1 is 0.467 bits per heavy atom. The van der Waals surface area contributed by atoms with Crippen LogP contribution in [0.5, 0.6) is 0 Å². The van der Waals surface area contributed by atoms with Gasteiger partial charge < -0.3 is 99.0 Å². The van der Waals surface area contributed by atoms with Gasteiger partial charge >= 0.3 is 36.6 Å². The Bertz CT molecular complexity index is 3200. The molecule has 8 N–H and O–H groups in total. The lowest BCUT2D eigenvalue weighted by Crippen LogP contribution is -2.65. The summed E-state index contributed by atoms with van der Waals surface area (Å²) < 4.78 is 72.5. The summed E-state index contributed by atoms with van der Waals surface area (Å²) in [5.74, 6) is 0. The lowest BCUT2D eigenvalue weighted by atomic mass is 9.83. The number of hydrogen-bond acceptors (Lipinski definition) is 20. The topological polar surface area (TPSA) is 326 Å². The van der Waals surface area contributed by atoms with Crippen molar-refractivity contribution < 1.29 is 95.8 Å². The number of carbonyl (C=O) groups excluding carboxylic acids is 6. The van der Waals surface area contributed by atoms with E-state index in [1.54, 1.807) is 121 Å². The third-order valence-corrected chi connectivity index (χ3v) is 14.9. The number of ether oxygens (including phenoxy) is 12. The molecule has 5 aromatic rings. The van der Waals surface area contributed by atoms with Crippen molar-refractivity contribution in [3.63, 3.8) is 0 Å². The molecule has 6 amide bonds. The molecule has 0 bridgehead atoms. The Kier molecular flexibility index (Phi) is 22.6. The molecular weight excluding hydrogens is 1170 g/mol. The van der Waals surface area contributed by atoms with Gasteiger partial charge in [0.15, 0.2) is 25.0 Å². The van der Waals surface area contributed by atoms with E-state index < -0.39 is 135 Å². The van der Waals surface area contributed by atoms with Gasteiger partial charge in [-0.05, 0) is 34.2 Å². The number of fused-ring (bicyclic) bond motifs is 1. The fraction of sp³-hybridized carbons (Fsp3) is 0.375. The Morgan fingerprint density at radius 2 is 0.844 bits per heavy atom. The van der Waals surface area contributed by atoms with Crippen LogP contribution in [0, 0.1) is 0 Å². The third-order valence-electron chi connectivity index (χ3n) is 14.9. The van der Waals surface area contributed by atoms with Crippen LogP contribution in [0.15, 0.2) is 176 Å². The summed E-state index contributed by atoms with van der Waals surface area (Å²) in [6.45, 7) is -1.39. The van der Waals surface area contributed by atoms with Crippen molar-refractivity contribution in [2.24, 2.45) is 0 Å². The average Bonchev–Trinajstić information content (AvgIpc) is 1.70. The smallest absolute Gasteiger partial charge is 0.408 e. The van der Waals surface area contributed by atoms with Crippen molar-refractivity contribution in [3.05, 3.63) is 204 Å². The minimum absolute atomic E-state index is 0.00203. The van der Waals surface area contributed by atoms with E-state index >= 15 is 0 Å². The molecule has 3 fully saturated rings. The molecule has 4 aliphatic heterocycles. The summed E-state index contributed by atoms with van der Waals surface area (Å²) in [4.78, 5) is 80.0. The van der Waals surface area contributed by atoms with Crippen LogP contribution in [0.3, 0.4) is 0 Å². The highest BCUT2D eigenvalue weighted by Crippen LogP contribution is 2.37. The Hall–Kier alpha value is -9.12. The van der Waals surface area contributed by atoms with Crippen molar-refractivity contribution in [1.82, 2.24) is 31.9 Å². The highest BCUT2D eigenvalue weighted by atomic mass is 16.8. The number of aliphatic hydroxyl groups excluding tert-OH is 2. The van der Waals surface area contributed by atoms with Gasteiger partial charge in [-0.1, -0.05) is 176 Å². The molecule has 5 aliphatic rings. The van der Waals surface area contributed by atoms with E-state index in [9.17, 15) is 39.0 Å². The quantitative estimate of drug-likeness (QED) is 0.0283. The molecule has 26 nitrogen and oxygen atoms in total. The van der Waals surface area contributed by atoms with E-state index in [1.807, 2.05) is 54.6 Å². The van der Waals surface area contributed by atoms with Gasteiger partial charge in [-0.25, -0.2) is 28.8 Å². The fourth-order valence-corrected chi connectivity index (χ4v) is 10.5. The Labute approximate surface area is 517 Å². The van der Waals surface area contributed by atoms with E-state index in [4.69, 9.17) is 56.8 Å². The number of aliphatic hydroxyl groups is 2. The average molecular weight is 1240 g/mol. The molecule has 0 unspecified atom stereocenters. The van der Waals surface area contributed by atoms with E-state index in [0.717, 1.165) is 11.1 Å². The van der Waals surface area contributed by atoms with Crippen molar-refractivity contribution in [2.45, 2.75) is 131 Å². The number of hydrogen-bond donors (Lipinski definition) is 8. The van der Waals surface area contributed by atoms with Gasteiger partial charge in [0.1, 0.15) is 75.6 Å². The van der Waals surface area contributed by atoms with Crippen molar-refractivity contribution in [2.75, 3.05) is 19.7 Å².